The molecule has 2 N–H and O–H groups in total. The average molecular weight is 302 g/mol. The van der Waals surface area contributed by atoms with E-state index >= 15 is 0 Å². The van der Waals surface area contributed by atoms with Gasteiger partial charge in [-0.3, -0.25) is 9.59 Å². The first kappa shape index (κ1) is 15.6. The maximum atomic E-state index is 12.5. The van der Waals surface area contributed by atoms with E-state index in [4.69, 9.17) is 9.52 Å². The van der Waals surface area contributed by atoms with Crippen molar-refractivity contribution in [3.8, 4) is 0 Å². The van der Waals surface area contributed by atoms with E-state index in [1.54, 1.807) is 48.5 Å². The minimum absolute atomic E-state index is 0.164. The van der Waals surface area contributed by atoms with Gasteiger partial charge in [-0.05, 0) is 37.3 Å². The number of carbonyl (C=O) groups is 2. The quantitative estimate of drug-likeness (QED) is 0.857. The topological polar surface area (TPSA) is 82.8 Å². The Morgan fingerprint density at radius 1 is 1.32 bits per heavy atom. The van der Waals surface area contributed by atoms with Gasteiger partial charge in [-0.25, -0.2) is 0 Å². The minimum atomic E-state index is -0.958. The molecule has 0 aliphatic heterocycles. The van der Waals surface area contributed by atoms with Crippen molar-refractivity contribution in [1.82, 2.24) is 4.90 Å². The smallest absolute Gasteiger partial charge is 0.322 e. The lowest BCUT2D eigenvalue weighted by atomic mass is 10.1. The number of nitrogens with zero attached hydrogens (tertiary/aromatic N) is 1. The van der Waals surface area contributed by atoms with Gasteiger partial charge >= 0.3 is 5.97 Å². The van der Waals surface area contributed by atoms with Crippen LogP contribution in [0.15, 0.2) is 47.1 Å². The van der Waals surface area contributed by atoms with E-state index < -0.39 is 5.97 Å². The summed E-state index contributed by atoms with van der Waals surface area (Å²) in [5.41, 5.74) is 1.07. The molecule has 22 heavy (non-hydrogen) atoms. The monoisotopic (exact) mass is 302 g/mol. The normalized spacial score (nSPS) is 11.7. The molecule has 1 amide bonds. The Morgan fingerprint density at radius 2 is 2.09 bits per heavy atom. The van der Waals surface area contributed by atoms with E-state index in [1.165, 1.54) is 0 Å². The van der Waals surface area contributed by atoms with Crippen LogP contribution < -0.4 is 5.32 Å². The summed E-state index contributed by atoms with van der Waals surface area (Å²) in [5.74, 6) is -0.417. The van der Waals surface area contributed by atoms with Gasteiger partial charge in [0.1, 0.15) is 12.3 Å². The van der Waals surface area contributed by atoms with Crippen molar-refractivity contribution in [3.05, 3.63) is 54.0 Å². The van der Waals surface area contributed by atoms with Crippen LogP contribution in [0.1, 0.15) is 29.1 Å². The molecule has 1 heterocycles. The Bertz CT molecular complexity index is 652. The van der Waals surface area contributed by atoms with E-state index in [-0.39, 0.29) is 18.5 Å². The van der Waals surface area contributed by atoms with E-state index in [0.717, 1.165) is 0 Å². The number of benzene rings is 1. The highest BCUT2D eigenvalue weighted by Crippen LogP contribution is 2.22. The van der Waals surface area contributed by atoms with Crippen LogP contribution in [0.3, 0.4) is 0 Å². The Morgan fingerprint density at radius 3 is 2.73 bits per heavy atom. The zero-order valence-corrected chi connectivity index (χ0v) is 12.4. The molecule has 2 rings (SSSR count). The highest BCUT2D eigenvalue weighted by Gasteiger charge is 2.20. The van der Waals surface area contributed by atoms with Gasteiger partial charge in [0, 0.05) is 18.3 Å². The molecule has 116 valence electrons. The lowest BCUT2D eigenvalue weighted by Gasteiger charge is -2.23. The molecule has 1 aromatic carbocycles. The van der Waals surface area contributed by atoms with Gasteiger partial charge in [-0.1, -0.05) is 6.07 Å². The Kier molecular flexibility index (Phi) is 4.83. The van der Waals surface area contributed by atoms with Gasteiger partial charge < -0.3 is 19.7 Å². The fraction of sp³-hybridized carbons (Fsp3) is 0.250. The van der Waals surface area contributed by atoms with Gasteiger partial charge in [0.2, 0.25) is 0 Å². The predicted octanol–water partition coefficient (Wildman–Crippen LogP) is 2.61. The number of carbonyl (C=O) groups excluding carboxylic acids is 1. The van der Waals surface area contributed by atoms with Crippen LogP contribution in [-0.2, 0) is 4.79 Å². The fourth-order valence-electron chi connectivity index (χ4n) is 2.04. The van der Waals surface area contributed by atoms with E-state index in [1.807, 2.05) is 13.0 Å². The molecule has 0 bridgehead atoms. The maximum Gasteiger partial charge on any atom is 0.322 e. The first-order chi connectivity index (χ1) is 10.5. The summed E-state index contributed by atoms with van der Waals surface area (Å²) < 4.78 is 5.32. The molecule has 0 saturated heterocycles. The highest BCUT2D eigenvalue weighted by atomic mass is 16.4. The number of furan rings is 1. The predicted molar refractivity (Wildman–Crippen MR) is 81.8 cm³/mol. The zero-order valence-electron chi connectivity index (χ0n) is 12.4. The van der Waals surface area contributed by atoms with E-state index in [9.17, 15) is 9.59 Å². The van der Waals surface area contributed by atoms with Crippen LogP contribution in [0.5, 0.6) is 0 Å². The number of hydrogen-bond donors (Lipinski definition) is 2. The second kappa shape index (κ2) is 6.80. The minimum Gasteiger partial charge on any atom is -0.480 e. The van der Waals surface area contributed by atoms with E-state index in [0.29, 0.717) is 17.0 Å². The first-order valence-electron chi connectivity index (χ1n) is 6.85. The van der Waals surface area contributed by atoms with Crippen molar-refractivity contribution >= 4 is 17.6 Å². The number of amides is 1. The molecule has 0 aliphatic rings. The lowest BCUT2D eigenvalue weighted by Crippen LogP contribution is -2.29. The summed E-state index contributed by atoms with van der Waals surface area (Å²) in [6.45, 7) is 1.68. The third-order valence-corrected chi connectivity index (χ3v) is 3.41. The van der Waals surface area contributed by atoms with Crippen LogP contribution in [0, 0.1) is 0 Å². The number of anilines is 1. The standard InChI is InChI=1S/C16H18N2O4/c1-11(14-7-4-8-22-14)18(2)16(21)12-5-3-6-13(9-12)17-10-15(19)20/h3-9,11,17H,10H2,1-2H3,(H,19,20). The third-order valence-electron chi connectivity index (χ3n) is 3.41. The second-order valence-corrected chi connectivity index (χ2v) is 4.94. The summed E-state index contributed by atoms with van der Waals surface area (Å²) in [5, 5.41) is 11.4. The number of rotatable bonds is 6. The van der Waals surface area contributed by atoms with E-state index in [2.05, 4.69) is 5.32 Å². The molecular formula is C16H18N2O4. The summed E-state index contributed by atoms with van der Waals surface area (Å²) in [6, 6.07) is 10.2. The van der Waals surface area contributed by atoms with Crippen LogP contribution in [0.4, 0.5) is 5.69 Å². The lowest BCUT2D eigenvalue weighted by molar-refractivity contribution is -0.134. The van der Waals surface area contributed by atoms with Crippen molar-refractivity contribution in [1.29, 1.82) is 0 Å². The number of hydrogen-bond acceptors (Lipinski definition) is 4. The molecule has 0 saturated carbocycles. The average Bonchev–Trinajstić information content (AvgIpc) is 3.05. The van der Waals surface area contributed by atoms with Gasteiger partial charge in [0.25, 0.3) is 5.91 Å². The van der Waals surface area contributed by atoms with Crippen LogP contribution >= 0.6 is 0 Å². The SMILES string of the molecule is CC(c1ccco1)N(C)C(=O)c1cccc(NCC(=O)O)c1. The molecule has 0 aliphatic carbocycles. The molecule has 1 unspecified atom stereocenters. The molecular weight excluding hydrogens is 284 g/mol. The highest BCUT2D eigenvalue weighted by molar-refractivity contribution is 5.95. The van der Waals surface area contributed by atoms with Crippen molar-refractivity contribution < 1.29 is 19.1 Å². The number of carboxylic acids is 1. The Balaban J connectivity index is 2.11. The molecule has 2 aromatic rings. The fourth-order valence-corrected chi connectivity index (χ4v) is 2.04. The molecule has 0 fully saturated rings. The summed E-state index contributed by atoms with van der Waals surface area (Å²) in [4.78, 5) is 24.7. The molecule has 6 nitrogen and oxygen atoms in total. The molecule has 0 spiro atoms. The molecule has 0 radical (unpaired) electrons. The van der Waals surface area contributed by atoms with Gasteiger partial charge in [-0.2, -0.15) is 0 Å². The van der Waals surface area contributed by atoms with Crippen molar-refractivity contribution in [2.24, 2.45) is 0 Å². The number of nitrogens with one attached hydrogen (secondary N) is 1. The van der Waals surface area contributed by atoms with Crippen molar-refractivity contribution in [2.75, 3.05) is 18.9 Å². The Labute approximate surface area is 128 Å². The maximum absolute atomic E-state index is 12.5. The molecule has 1 atom stereocenters. The summed E-state index contributed by atoms with van der Waals surface area (Å²) in [7, 11) is 1.70. The molecule has 1 aromatic heterocycles. The Hall–Kier alpha value is -2.76. The zero-order chi connectivity index (χ0) is 16.1. The van der Waals surface area contributed by atoms with Gasteiger partial charge in [0.05, 0.1) is 12.3 Å². The van der Waals surface area contributed by atoms with Crippen LogP contribution in [-0.4, -0.2) is 35.5 Å². The largest absolute Gasteiger partial charge is 0.480 e. The van der Waals surface area contributed by atoms with Crippen LogP contribution in [0.25, 0.3) is 0 Å². The molecule has 6 heteroatoms. The van der Waals surface area contributed by atoms with Gasteiger partial charge in [-0.15, -0.1) is 0 Å². The summed E-state index contributed by atoms with van der Waals surface area (Å²) >= 11 is 0. The number of carboxylic acid groups (broad SMARTS) is 1. The van der Waals surface area contributed by atoms with Crippen molar-refractivity contribution in [3.63, 3.8) is 0 Å². The summed E-state index contributed by atoms with van der Waals surface area (Å²) in [6.07, 6.45) is 1.57. The first-order valence-corrected chi connectivity index (χ1v) is 6.85. The van der Waals surface area contributed by atoms with Crippen molar-refractivity contribution in [2.45, 2.75) is 13.0 Å². The van der Waals surface area contributed by atoms with Gasteiger partial charge in [0.15, 0.2) is 0 Å². The number of aliphatic carboxylic acids is 1. The van der Waals surface area contributed by atoms with Crippen LogP contribution in [0.2, 0.25) is 0 Å². The third kappa shape index (κ3) is 3.66. The second-order valence-electron chi connectivity index (χ2n) is 4.94.